The number of nitrogens with zero attached hydrogens (tertiary/aromatic N) is 5. The minimum Gasteiger partial charge on any atom is -0.493 e. The van der Waals surface area contributed by atoms with Crippen molar-refractivity contribution in [2.45, 2.75) is 39.5 Å². The Morgan fingerprint density at radius 2 is 2.00 bits per heavy atom. The van der Waals surface area contributed by atoms with E-state index < -0.39 is 0 Å². The van der Waals surface area contributed by atoms with Gasteiger partial charge in [0, 0.05) is 47.6 Å². The number of hydrogen-bond acceptors (Lipinski definition) is 5. The molecular formula is C23H22FN5O. The number of aryl methyl sites for hydroxylation is 3. The van der Waals surface area contributed by atoms with Crippen molar-refractivity contribution in [1.29, 1.82) is 0 Å². The molecule has 0 saturated heterocycles. The molecule has 0 aliphatic carbocycles. The number of ether oxygens (including phenoxy) is 1. The molecule has 0 atom stereocenters. The second-order valence-corrected chi connectivity index (χ2v) is 7.56. The maximum absolute atomic E-state index is 14.5. The molecule has 1 aliphatic rings. The largest absolute Gasteiger partial charge is 0.493 e. The molecule has 0 amide bonds. The molecule has 6 nitrogen and oxygen atoms in total. The quantitative estimate of drug-likeness (QED) is 0.505. The van der Waals surface area contributed by atoms with E-state index >= 15 is 0 Å². The third-order valence-electron chi connectivity index (χ3n) is 5.77. The van der Waals surface area contributed by atoms with Crippen molar-refractivity contribution in [3.05, 3.63) is 70.9 Å². The summed E-state index contributed by atoms with van der Waals surface area (Å²) in [5.74, 6) is 1.40. The zero-order chi connectivity index (χ0) is 20.7. The molecule has 1 aliphatic heterocycles. The van der Waals surface area contributed by atoms with Crippen LogP contribution in [0, 0.1) is 12.7 Å². The molecule has 0 bridgehead atoms. The van der Waals surface area contributed by atoms with Gasteiger partial charge in [-0.3, -0.25) is 9.38 Å². The van der Waals surface area contributed by atoms with E-state index in [0.717, 1.165) is 58.0 Å². The number of fused-ring (bicyclic) bond motifs is 2. The Bertz CT molecular complexity index is 1250. The molecule has 0 saturated carbocycles. The van der Waals surface area contributed by atoms with Crippen molar-refractivity contribution in [3.8, 4) is 16.9 Å². The maximum atomic E-state index is 14.5. The van der Waals surface area contributed by atoms with E-state index in [4.69, 9.17) is 4.74 Å². The Balaban J connectivity index is 1.49. The standard InChI is InChI=1S/C23H22FN5O/c1-3-15-10-14(2)18(11-25-15)19-12-26-22(29-13-27-28-23(19)29)7-4-16-17-8-9-30-21(17)6-5-20(16)24/h5-6,10-13H,3-4,7-9H2,1-2H3. The van der Waals surface area contributed by atoms with Crippen LogP contribution in [-0.2, 0) is 25.7 Å². The summed E-state index contributed by atoms with van der Waals surface area (Å²) in [4.78, 5) is 9.21. The molecule has 30 heavy (non-hydrogen) atoms. The monoisotopic (exact) mass is 403 g/mol. The lowest BCUT2D eigenvalue weighted by Gasteiger charge is -2.12. The van der Waals surface area contributed by atoms with E-state index in [1.165, 1.54) is 6.07 Å². The number of pyridine rings is 1. The lowest BCUT2D eigenvalue weighted by Crippen LogP contribution is -2.06. The van der Waals surface area contributed by atoms with E-state index in [-0.39, 0.29) is 5.82 Å². The Hall–Kier alpha value is -3.35. The van der Waals surface area contributed by atoms with Gasteiger partial charge in [0.05, 0.1) is 6.61 Å². The fourth-order valence-electron chi connectivity index (χ4n) is 4.15. The van der Waals surface area contributed by atoms with Crippen LogP contribution >= 0.6 is 0 Å². The van der Waals surface area contributed by atoms with Crippen LogP contribution in [0.1, 0.15) is 35.1 Å². The zero-order valence-corrected chi connectivity index (χ0v) is 17.0. The van der Waals surface area contributed by atoms with Crippen molar-refractivity contribution in [3.63, 3.8) is 0 Å². The lowest BCUT2D eigenvalue weighted by molar-refractivity contribution is 0.356. The van der Waals surface area contributed by atoms with Gasteiger partial charge in [-0.1, -0.05) is 6.92 Å². The van der Waals surface area contributed by atoms with Gasteiger partial charge in [0.15, 0.2) is 5.65 Å². The Morgan fingerprint density at radius 3 is 2.83 bits per heavy atom. The van der Waals surface area contributed by atoms with Gasteiger partial charge in [-0.2, -0.15) is 0 Å². The first-order valence-electron chi connectivity index (χ1n) is 10.2. The highest BCUT2D eigenvalue weighted by Crippen LogP contribution is 2.31. The highest BCUT2D eigenvalue weighted by Gasteiger charge is 2.20. The zero-order valence-electron chi connectivity index (χ0n) is 17.0. The predicted octanol–water partition coefficient (Wildman–Crippen LogP) is 3.92. The first kappa shape index (κ1) is 18.7. The molecule has 0 fully saturated rings. The smallest absolute Gasteiger partial charge is 0.171 e. The van der Waals surface area contributed by atoms with Gasteiger partial charge in [0.1, 0.15) is 23.7 Å². The molecule has 152 valence electrons. The summed E-state index contributed by atoms with van der Waals surface area (Å²) < 4.78 is 22.0. The van der Waals surface area contributed by atoms with Gasteiger partial charge in [-0.15, -0.1) is 10.2 Å². The summed E-state index contributed by atoms with van der Waals surface area (Å²) in [6.45, 7) is 4.77. The molecule has 5 rings (SSSR count). The van der Waals surface area contributed by atoms with Gasteiger partial charge >= 0.3 is 0 Å². The maximum Gasteiger partial charge on any atom is 0.171 e. The highest BCUT2D eigenvalue weighted by molar-refractivity contribution is 5.78. The molecule has 3 aromatic heterocycles. The second-order valence-electron chi connectivity index (χ2n) is 7.56. The van der Waals surface area contributed by atoms with Gasteiger partial charge < -0.3 is 4.74 Å². The van der Waals surface area contributed by atoms with E-state index in [9.17, 15) is 4.39 Å². The number of benzene rings is 1. The number of halogens is 1. The van der Waals surface area contributed by atoms with Crippen LogP contribution in [0.5, 0.6) is 5.75 Å². The van der Waals surface area contributed by atoms with Crippen molar-refractivity contribution in [2.75, 3.05) is 6.61 Å². The molecule has 0 N–H and O–H groups in total. The molecule has 7 heteroatoms. The SMILES string of the molecule is CCc1cc(C)c(-c2cnc(CCc3c(F)ccc4c3CCO4)n3cnnc23)cn1. The number of rotatable bonds is 5. The van der Waals surface area contributed by atoms with Gasteiger partial charge in [0.2, 0.25) is 0 Å². The van der Waals surface area contributed by atoms with Crippen LogP contribution in [0.15, 0.2) is 36.9 Å². The first-order chi connectivity index (χ1) is 14.7. The summed E-state index contributed by atoms with van der Waals surface area (Å²) in [6, 6.07) is 5.30. The van der Waals surface area contributed by atoms with Crippen LogP contribution in [0.2, 0.25) is 0 Å². The highest BCUT2D eigenvalue weighted by atomic mass is 19.1. The topological polar surface area (TPSA) is 65.2 Å². The number of aromatic nitrogens is 5. The molecule has 0 unspecified atom stereocenters. The van der Waals surface area contributed by atoms with Crippen molar-refractivity contribution < 1.29 is 9.13 Å². The Morgan fingerprint density at radius 1 is 1.13 bits per heavy atom. The van der Waals surface area contributed by atoms with Crippen molar-refractivity contribution >= 4 is 5.65 Å². The molecule has 0 spiro atoms. The predicted molar refractivity (Wildman–Crippen MR) is 111 cm³/mol. The van der Waals surface area contributed by atoms with Gasteiger partial charge in [-0.25, -0.2) is 9.37 Å². The minimum atomic E-state index is -0.186. The summed E-state index contributed by atoms with van der Waals surface area (Å²) in [5, 5.41) is 8.42. The summed E-state index contributed by atoms with van der Waals surface area (Å²) in [5.41, 5.74) is 6.49. The van der Waals surface area contributed by atoms with Gasteiger partial charge in [0.25, 0.3) is 0 Å². The third kappa shape index (κ3) is 3.10. The van der Waals surface area contributed by atoms with Crippen LogP contribution in [0.3, 0.4) is 0 Å². The number of hydrogen-bond donors (Lipinski definition) is 0. The summed E-state index contributed by atoms with van der Waals surface area (Å²) in [6.07, 6.45) is 8.13. The van der Waals surface area contributed by atoms with Crippen LogP contribution in [-0.4, -0.2) is 31.2 Å². The van der Waals surface area contributed by atoms with E-state index in [2.05, 4.69) is 40.1 Å². The van der Waals surface area contributed by atoms with E-state index in [1.54, 1.807) is 12.4 Å². The van der Waals surface area contributed by atoms with Gasteiger partial charge in [-0.05, 0) is 49.1 Å². The lowest BCUT2D eigenvalue weighted by atomic mass is 9.99. The average Bonchev–Trinajstić information content (AvgIpc) is 3.43. The van der Waals surface area contributed by atoms with Crippen LogP contribution in [0.4, 0.5) is 4.39 Å². The molecular weight excluding hydrogens is 381 g/mol. The normalized spacial score (nSPS) is 12.9. The Labute approximate surface area is 173 Å². The summed E-state index contributed by atoms with van der Waals surface area (Å²) >= 11 is 0. The fraction of sp³-hybridized carbons (Fsp3) is 0.304. The molecule has 1 aromatic carbocycles. The molecule has 0 radical (unpaired) electrons. The van der Waals surface area contributed by atoms with Crippen LogP contribution in [0.25, 0.3) is 16.8 Å². The van der Waals surface area contributed by atoms with E-state index in [1.807, 2.05) is 16.8 Å². The Kier molecular flexibility index (Phi) is 4.65. The second kappa shape index (κ2) is 7.48. The average molecular weight is 403 g/mol. The van der Waals surface area contributed by atoms with Crippen LogP contribution < -0.4 is 4.74 Å². The van der Waals surface area contributed by atoms with E-state index in [0.29, 0.717) is 25.0 Å². The van der Waals surface area contributed by atoms with Crippen molar-refractivity contribution in [2.24, 2.45) is 0 Å². The third-order valence-corrected chi connectivity index (χ3v) is 5.77. The fourth-order valence-corrected chi connectivity index (χ4v) is 4.15. The van der Waals surface area contributed by atoms with Crippen molar-refractivity contribution in [1.82, 2.24) is 24.6 Å². The summed E-state index contributed by atoms with van der Waals surface area (Å²) in [7, 11) is 0. The minimum absolute atomic E-state index is 0.186. The molecule has 4 aromatic rings. The first-order valence-corrected chi connectivity index (χ1v) is 10.2. The molecule has 4 heterocycles.